The van der Waals surface area contributed by atoms with E-state index in [1.807, 2.05) is 102 Å². The third-order valence-corrected chi connectivity index (χ3v) is 15.2. The van der Waals surface area contributed by atoms with Gasteiger partial charge in [-0.05, 0) is 146 Å². The summed E-state index contributed by atoms with van der Waals surface area (Å²) in [6, 6.07) is 18.5. The molecular weight excluding hydrogens is 911 g/mol. The number of hydroxylamine groups is 4. The van der Waals surface area contributed by atoms with Crippen molar-refractivity contribution in [2.75, 3.05) is 13.1 Å². The highest BCUT2D eigenvalue weighted by atomic mass is 16.7. The van der Waals surface area contributed by atoms with Gasteiger partial charge in [-0.3, -0.25) is 19.3 Å². The summed E-state index contributed by atoms with van der Waals surface area (Å²) < 4.78 is 10.7. The third-order valence-electron chi connectivity index (χ3n) is 15.2. The second-order valence-corrected chi connectivity index (χ2v) is 23.5. The van der Waals surface area contributed by atoms with Gasteiger partial charge in [-0.15, -0.1) is 0 Å². The van der Waals surface area contributed by atoms with Crippen molar-refractivity contribution < 1.29 is 53.0 Å². The molecule has 4 atom stereocenters. The monoisotopic (exact) mass is 986 g/mol. The van der Waals surface area contributed by atoms with E-state index in [1.54, 1.807) is 4.90 Å². The molecule has 18 nitrogen and oxygen atoms in total. The highest BCUT2D eigenvalue weighted by Crippen LogP contribution is 2.60. The van der Waals surface area contributed by atoms with E-state index in [4.69, 9.17) is 30.0 Å². The molecule has 4 bridgehead atoms. The summed E-state index contributed by atoms with van der Waals surface area (Å²) >= 11 is 0. The van der Waals surface area contributed by atoms with Crippen molar-refractivity contribution in [2.24, 2.45) is 22.5 Å². The van der Waals surface area contributed by atoms with E-state index in [1.165, 1.54) is 15.0 Å². The maximum Gasteiger partial charge on any atom is 0.407 e. The smallest absolute Gasteiger partial charge is 0.407 e. The minimum absolute atomic E-state index is 0.000817. The lowest BCUT2D eigenvalue weighted by Gasteiger charge is -2.58. The fraction of sp³-hybridized carbons (Fsp3) is 0.660. The summed E-state index contributed by atoms with van der Waals surface area (Å²) in [6.07, 6.45) is 11.1. The number of carboxylic acid groups (broad SMARTS) is 1. The number of carbonyl (C=O) groups excluding carboxylic acids is 5. The zero-order valence-corrected chi connectivity index (χ0v) is 42.3. The SMILES string of the molecule is CC(C)(C)OC(=O)CC1CC2(C1)CC(NC(=O)[C@@H]1CC[C@@H]3CN1C(=O)N3OCc1ccccc1)C2.CC(C)(C)OC(=O)NC1CC2(CC(N)C2)C1.O=C(O)[C@@H]1CC[C@@H]2CN1C(=O)N2OCc1ccccc1. The van der Waals surface area contributed by atoms with E-state index in [0.717, 1.165) is 68.9 Å². The number of piperidine rings is 2. The Balaban J connectivity index is 0.000000158. The molecule has 4 aliphatic carbocycles. The number of aliphatic carboxylic acids is 1. The molecule has 4 heterocycles. The van der Waals surface area contributed by atoms with Crippen molar-refractivity contribution in [1.82, 2.24) is 30.6 Å². The molecular formula is C53H75N7O11. The Hall–Kier alpha value is -5.46. The molecule has 8 fully saturated rings. The number of nitrogens with one attached hydrogen (secondary N) is 2. The number of hydrogen-bond donors (Lipinski definition) is 4. The maximum absolute atomic E-state index is 13.1. The van der Waals surface area contributed by atoms with Crippen molar-refractivity contribution in [1.29, 1.82) is 0 Å². The Morgan fingerprint density at radius 3 is 1.55 bits per heavy atom. The van der Waals surface area contributed by atoms with E-state index in [0.29, 0.717) is 75.4 Å². The van der Waals surface area contributed by atoms with Crippen LogP contribution >= 0.6 is 0 Å². The van der Waals surface area contributed by atoms with Gasteiger partial charge in [-0.2, -0.15) is 10.1 Å². The second-order valence-electron chi connectivity index (χ2n) is 23.5. The molecule has 2 aromatic rings. The van der Waals surface area contributed by atoms with Gasteiger partial charge in [0, 0.05) is 37.6 Å². The predicted molar refractivity (Wildman–Crippen MR) is 260 cm³/mol. The third kappa shape index (κ3) is 12.8. The zero-order valence-electron chi connectivity index (χ0n) is 42.3. The fourth-order valence-electron chi connectivity index (χ4n) is 12.2. The molecule has 8 aliphatic rings. The first kappa shape index (κ1) is 51.9. The Kier molecular flexibility index (Phi) is 15.3. The van der Waals surface area contributed by atoms with Gasteiger partial charge in [0.2, 0.25) is 5.91 Å². The number of carboxylic acids is 1. The minimum atomic E-state index is -0.943. The van der Waals surface area contributed by atoms with E-state index in [2.05, 4.69) is 10.6 Å². The molecule has 5 N–H and O–H groups in total. The van der Waals surface area contributed by atoms with Gasteiger partial charge in [-0.1, -0.05) is 60.7 Å². The number of amides is 6. The number of hydrogen-bond acceptors (Lipinski definition) is 11. The summed E-state index contributed by atoms with van der Waals surface area (Å²) in [7, 11) is 0. The van der Waals surface area contributed by atoms with E-state index >= 15 is 0 Å². The van der Waals surface area contributed by atoms with Crippen LogP contribution in [-0.4, -0.2) is 128 Å². The highest BCUT2D eigenvalue weighted by molar-refractivity contribution is 5.89. The van der Waals surface area contributed by atoms with E-state index in [-0.39, 0.29) is 53.6 Å². The van der Waals surface area contributed by atoms with Gasteiger partial charge in [0.15, 0.2) is 0 Å². The number of urea groups is 2. The summed E-state index contributed by atoms with van der Waals surface area (Å²) in [5.74, 6) is -0.719. The quantitative estimate of drug-likeness (QED) is 0.157. The summed E-state index contributed by atoms with van der Waals surface area (Å²) in [4.78, 5) is 87.4. The number of ether oxygens (including phenoxy) is 2. The normalized spacial score (nSPS) is 31.1. The van der Waals surface area contributed by atoms with Gasteiger partial charge >= 0.3 is 30.1 Å². The highest BCUT2D eigenvalue weighted by Gasteiger charge is 2.55. The van der Waals surface area contributed by atoms with Crippen LogP contribution < -0.4 is 16.4 Å². The molecule has 71 heavy (non-hydrogen) atoms. The number of nitrogens with two attached hydrogens (primary N) is 1. The van der Waals surface area contributed by atoms with E-state index in [9.17, 15) is 28.8 Å². The van der Waals surface area contributed by atoms with E-state index < -0.39 is 29.3 Å². The number of alkyl carbamates (subject to hydrolysis) is 1. The van der Waals surface area contributed by atoms with Gasteiger partial charge in [0.25, 0.3) is 0 Å². The topological polar surface area (TPSA) is 223 Å². The Morgan fingerprint density at radius 1 is 0.634 bits per heavy atom. The lowest BCUT2D eigenvalue weighted by Crippen LogP contribution is -2.59. The van der Waals surface area contributed by atoms with Crippen LogP contribution in [0.25, 0.3) is 0 Å². The Labute approximate surface area is 417 Å². The van der Waals surface area contributed by atoms with Crippen LogP contribution in [0.2, 0.25) is 0 Å². The van der Waals surface area contributed by atoms with Gasteiger partial charge < -0.3 is 40.7 Å². The molecule has 388 valence electrons. The molecule has 0 radical (unpaired) electrons. The van der Waals surface area contributed by atoms with Crippen molar-refractivity contribution in [2.45, 2.75) is 192 Å². The number of benzene rings is 2. The molecule has 6 amide bonds. The minimum Gasteiger partial charge on any atom is -0.480 e. The molecule has 0 unspecified atom stereocenters. The average Bonchev–Trinajstić information content (AvgIpc) is 3.63. The first-order chi connectivity index (χ1) is 33.6. The van der Waals surface area contributed by atoms with Crippen molar-refractivity contribution in [3.05, 3.63) is 71.8 Å². The van der Waals surface area contributed by atoms with Crippen LogP contribution in [0, 0.1) is 16.7 Å². The van der Waals surface area contributed by atoms with Crippen LogP contribution in [0.5, 0.6) is 0 Å². The lowest BCUT2D eigenvalue weighted by molar-refractivity contribution is -0.159. The first-order valence-electron chi connectivity index (χ1n) is 25.6. The molecule has 4 saturated carbocycles. The number of rotatable bonds is 12. The lowest BCUT2D eigenvalue weighted by atomic mass is 9.49. The number of esters is 1. The van der Waals surface area contributed by atoms with Gasteiger partial charge in [0.1, 0.15) is 36.5 Å². The van der Waals surface area contributed by atoms with Crippen molar-refractivity contribution >= 4 is 36.0 Å². The standard InChI is InChI=1S/C27H37N3O5.C14H16N2O4.C12H22N2O2/c1-26(2,3)35-23(31)11-19-12-27(13-19)14-20(15-27)28-24(32)22-10-9-21-16-29(22)25(33)30(21)34-17-18-7-5-4-6-8-18;17-13(18)12-7-6-11-8-15(12)14(19)16(11)20-9-10-4-2-1-3-5-10;1-11(2,3)16-10(15)14-9-6-12(7-9)4-8(13)5-12/h4-8,19-22H,9-17H2,1-3H3,(H,28,32);1-5,11-12H,6-9H2,(H,17,18);8-9H,4-7,13H2,1-3H3,(H,14,15)/t19?,20?,21-,22+,27?;11-,12+;/m11./s1. The maximum atomic E-state index is 13.1. The molecule has 2 aromatic carbocycles. The van der Waals surface area contributed by atoms with Crippen LogP contribution in [-0.2, 0) is 46.7 Å². The molecule has 4 saturated heterocycles. The van der Waals surface area contributed by atoms with Crippen molar-refractivity contribution in [3.8, 4) is 0 Å². The molecule has 10 rings (SSSR count). The predicted octanol–water partition coefficient (Wildman–Crippen LogP) is 7.05. The number of nitrogens with zero attached hydrogens (tertiary/aromatic N) is 4. The van der Waals surface area contributed by atoms with Crippen LogP contribution in [0.1, 0.15) is 136 Å². The zero-order chi connectivity index (χ0) is 50.9. The fourth-order valence-corrected chi connectivity index (χ4v) is 12.2. The van der Waals surface area contributed by atoms with Crippen LogP contribution in [0.15, 0.2) is 60.7 Å². The Morgan fingerprint density at radius 2 is 1.08 bits per heavy atom. The van der Waals surface area contributed by atoms with Crippen molar-refractivity contribution in [3.63, 3.8) is 0 Å². The molecule has 0 aromatic heterocycles. The summed E-state index contributed by atoms with van der Waals surface area (Å²) in [5.41, 5.74) is 7.65. The Bertz CT molecular complexity index is 2220. The first-order valence-corrected chi connectivity index (χ1v) is 25.6. The molecule has 2 spiro atoms. The number of fused-ring (bicyclic) bond motifs is 4. The molecule has 4 aliphatic heterocycles. The largest absolute Gasteiger partial charge is 0.480 e. The van der Waals surface area contributed by atoms with Gasteiger partial charge in [-0.25, -0.2) is 19.2 Å². The van der Waals surface area contributed by atoms with Crippen LogP contribution in [0.4, 0.5) is 14.4 Å². The number of carbonyl (C=O) groups is 6. The van der Waals surface area contributed by atoms with Crippen LogP contribution in [0.3, 0.4) is 0 Å². The summed E-state index contributed by atoms with van der Waals surface area (Å²) in [6.45, 7) is 12.9. The molecule has 18 heteroatoms. The second kappa shape index (κ2) is 20.9. The summed E-state index contributed by atoms with van der Waals surface area (Å²) in [5, 5.41) is 18.0. The average molecular weight is 986 g/mol. The van der Waals surface area contributed by atoms with Gasteiger partial charge in [0.05, 0.1) is 12.1 Å².